The van der Waals surface area contributed by atoms with E-state index in [0.29, 0.717) is 0 Å². The fraction of sp³-hybridized carbons (Fsp3) is 0.333. The van der Waals surface area contributed by atoms with Crippen LogP contribution in [0, 0.1) is 0 Å². The van der Waals surface area contributed by atoms with E-state index in [4.69, 9.17) is 0 Å². The molecule has 6 N–H and O–H groups in total. The topological polar surface area (TPSA) is 70.0 Å². The summed E-state index contributed by atoms with van der Waals surface area (Å²) in [7, 11) is 0. The molecule has 0 unspecified atom stereocenters. The van der Waals surface area contributed by atoms with E-state index < -0.39 is 0 Å². The van der Waals surface area contributed by atoms with Crippen LogP contribution in [0.2, 0.25) is 0 Å². The zero-order valence-electron chi connectivity index (χ0n) is 5.56. The van der Waals surface area contributed by atoms with Crippen LogP contribution in [0.4, 0.5) is 0 Å². The average molecular weight is 116 g/mol. The van der Waals surface area contributed by atoms with Crippen LogP contribution < -0.4 is 12.3 Å². The predicted octanol–water partition coefficient (Wildman–Crippen LogP) is 2.46. The Morgan fingerprint density at radius 2 is 1.88 bits per heavy atom. The molecule has 50 valence electrons. The van der Waals surface area contributed by atoms with Gasteiger partial charge in [-0.15, -0.1) is 0 Å². The molecule has 0 heterocycles. The van der Waals surface area contributed by atoms with Gasteiger partial charge in [0.25, 0.3) is 0 Å². The van der Waals surface area contributed by atoms with Gasteiger partial charge < -0.3 is 12.3 Å². The Hall–Kier alpha value is -0.600. The molecule has 0 atom stereocenters. The maximum absolute atomic E-state index is 3.51. The largest absolute Gasteiger partial charge is 0.344 e. The zero-order valence-corrected chi connectivity index (χ0v) is 5.56. The lowest BCUT2D eigenvalue weighted by atomic mass is 10.4. The fourth-order valence-electron chi connectivity index (χ4n) is 0.232. The van der Waals surface area contributed by atoms with E-state index in [1.165, 1.54) is 0 Å². The molecule has 0 aliphatic carbocycles. The van der Waals surface area contributed by atoms with E-state index in [-0.39, 0.29) is 12.3 Å². The van der Waals surface area contributed by atoms with Gasteiger partial charge in [-0.1, -0.05) is 31.7 Å². The van der Waals surface area contributed by atoms with Crippen LogP contribution >= 0.6 is 0 Å². The number of hydrogen-bond acceptors (Lipinski definition) is 2. The Morgan fingerprint density at radius 3 is 2.00 bits per heavy atom. The van der Waals surface area contributed by atoms with Gasteiger partial charge in [-0.2, -0.15) is 0 Å². The SMILES string of the molecule is C=C/C=C/CC.N.N. The Labute approximate surface area is 51.5 Å². The number of hydrogen-bond donors (Lipinski definition) is 2. The molecule has 0 fully saturated rings. The minimum absolute atomic E-state index is 0. The normalized spacial score (nSPS) is 7.12. The number of allylic oxidation sites excluding steroid dienone is 3. The second-order valence-corrected chi connectivity index (χ2v) is 1.07. The van der Waals surface area contributed by atoms with E-state index in [2.05, 4.69) is 19.6 Å². The molecule has 0 radical (unpaired) electrons. The summed E-state index contributed by atoms with van der Waals surface area (Å²) in [5.41, 5.74) is 0. The van der Waals surface area contributed by atoms with Crippen LogP contribution in [-0.2, 0) is 0 Å². The zero-order chi connectivity index (χ0) is 4.83. The third-order valence-electron chi connectivity index (χ3n) is 0.508. The Kier molecular flexibility index (Phi) is 31.6. The molecule has 0 amide bonds. The average Bonchev–Trinajstić information content (AvgIpc) is 1.61. The summed E-state index contributed by atoms with van der Waals surface area (Å²) in [6.07, 6.45) is 6.89. The van der Waals surface area contributed by atoms with Crippen molar-refractivity contribution in [2.24, 2.45) is 0 Å². The third-order valence-corrected chi connectivity index (χ3v) is 0.508. The molecule has 0 saturated heterocycles. The summed E-state index contributed by atoms with van der Waals surface area (Å²) in [4.78, 5) is 0. The van der Waals surface area contributed by atoms with Crippen molar-refractivity contribution >= 4 is 0 Å². The van der Waals surface area contributed by atoms with Gasteiger partial charge in [0.1, 0.15) is 0 Å². The van der Waals surface area contributed by atoms with E-state index in [0.717, 1.165) is 6.42 Å². The molecule has 8 heavy (non-hydrogen) atoms. The first kappa shape index (κ1) is 15.7. The first-order chi connectivity index (χ1) is 2.91. The predicted molar refractivity (Wildman–Crippen MR) is 39.7 cm³/mol. The van der Waals surface area contributed by atoms with Gasteiger partial charge in [-0.25, -0.2) is 0 Å². The lowest BCUT2D eigenvalue weighted by Crippen LogP contribution is -1.46. The van der Waals surface area contributed by atoms with E-state index in [9.17, 15) is 0 Å². The number of rotatable bonds is 2. The first-order valence-electron chi connectivity index (χ1n) is 2.19. The quantitative estimate of drug-likeness (QED) is 0.544. The van der Waals surface area contributed by atoms with Crippen LogP contribution in [0.5, 0.6) is 0 Å². The van der Waals surface area contributed by atoms with Crippen molar-refractivity contribution in [3.63, 3.8) is 0 Å². The summed E-state index contributed by atoms with van der Waals surface area (Å²) < 4.78 is 0. The molecular weight excluding hydrogens is 100 g/mol. The summed E-state index contributed by atoms with van der Waals surface area (Å²) in [6.45, 7) is 5.61. The van der Waals surface area contributed by atoms with E-state index in [1.807, 2.05) is 6.08 Å². The highest BCUT2D eigenvalue weighted by molar-refractivity contribution is 4.96. The maximum atomic E-state index is 3.51. The molecule has 0 rings (SSSR count). The van der Waals surface area contributed by atoms with Crippen molar-refractivity contribution in [1.82, 2.24) is 12.3 Å². The lowest BCUT2D eigenvalue weighted by Gasteiger charge is -1.67. The second kappa shape index (κ2) is 16.1. The molecular formula is C6H16N2. The summed E-state index contributed by atoms with van der Waals surface area (Å²) in [5, 5.41) is 0. The van der Waals surface area contributed by atoms with Gasteiger partial charge in [-0.3, -0.25) is 0 Å². The van der Waals surface area contributed by atoms with Crippen molar-refractivity contribution in [2.75, 3.05) is 0 Å². The molecule has 0 aliphatic heterocycles. The summed E-state index contributed by atoms with van der Waals surface area (Å²) in [5.74, 6) is 0. The maximum Gasteiger partial charge on any atom is -0.0376 e. The lowest BCUT2D eigenvalue weighted by molar-refractivity contribution is 1.22. The van der Waals surface area contributed by atoms with Gasteiger partial charge in [0.05, 0.1) is 0 Å². The van der Waals surface area contributed by atoms with Gasteiger partial charge in [0.2, 0.25) is 0 Å². The van der Waals surface area contributed by atoms with Crippen LogP contribution in [-0.4, -0.2) is 0 Å². The van der Waals surface area contributed by atoms with Crippen LogP contribution in [0.25, 0.3) is 0 Å². The smallest absolute Gasteiger partial charge is 0.0376 e. The van der Waals surface area contributed by atoms with E-state index >= 15 is 0 Å². The van der Waals surface area contributed by atoms with Crippen molar-refractivity contribution in [1.29, 1.82) is 0 Å². The Morgan fingerprint density at radius 1 is 1.38 bits per heavy atom. The Balaban J connectivity index is -0.000000125. The molecule has 2 nitrogen and oxygen atoms in total. The van der Waals surface area contributed by atoms with Crippen molar-refractivity contribution in [3.8, 4) is 0 Å². The molecule has 0 saturated carbocycles. The van der Waals surface area contributed by atoms with Crippen LogP contribution in [0.15, 0.2) is 24.8 Å². The molecule has 0 aromatic carbocycles. The molecule has 2 heteroatoms. The van der Waals surface area contributed by atoms with Gasteiger partial charge in [0.15, 0.2) is 0 Å². The summed E-state index contributed by atoms with van der Waals surface area (Å²) in [6, 6.07) is 0. The first-order valence-corrected chi connectivity index (χ1v) is 2.19. The van der Waals surface area contributed by atoms with Crippen molar-refractivity contribution in [3.05, 3.63) is 24.8 Å². The fourth-order valence-corrected chi connectivity index (χ4v) is 0.232. The Bertz CT molecular complexity index is 57.5. The highest BCUT2D eigenvalue weighted by atomic mass is 14.0. The van der Waals surface area contributed by atoms with Crippen LogP contribution in [0.3, 0.4) is 0 Å². The van der Waals surface area contributed by atoms with Gasteiger partial charge >= 0.3 is 0 Å². The molecule has 0 spiro atoms. The highest BCUT2D eigenvalue weighted by Crippen LogP contribution is 1.76. The molecule has 0 aliphatic rings. The molecule has 0 aromatic heterocycles. The van der Waals surface area contributed by atoms with Crippen molar-refractivity contribution in [2.45, 2.75) is 13.3 Å². The monoisotopic (exact) mass is 116 g/mol. The molecule has 0 bridgehead atoms. The second-order valence-electron chi connectivity index (χ2n) is 1.07. The molecule has 0 aromatic rings. The van der Waals surface area contributed by atoms with Gasteiger partial charge in [-0.05, 0) is 6.42 Å². The van der Waals surface area contributed by atoms with Crippen LogP contribution in [0.1, 0.15) is 13.3 Å². The van der Waals surface area contributed by atoms with Gasteiger partial charge in [0, 0.05) is 0 Å². The summed E-state index contributed by atoms with van der Waals surface area (Å²) >= 11 is 0. The highest BCUT2D eigenvalue weighted by Gasteiger charge is 1.55. The minimum atomic E-state index is 0. The third kappa shape index (κ3) is 18.2. The standard InChI is InChI=1S/C6H10.2H3N/c1-3-5-6-4-2;;/h3,5-6H,1,4H2,2H3;2*1H3/b6-5+;;. The minimum Gasteiger partial charge on any atom is -0.344 e. The van der Waals surface area contributed by atoms with Crippen molar-refractivity contribution < 1.29 is 0 Å². The van der Waals surface area contributed by atoms with E-state index in [1.54, 1.807) is 6.08 Å².